The smallest absolute Gasteiger partial charge is 0.341 e. The van der Waals surface area contributed by atoms with Crippen molar-refractivity contribution in [3.63, 3.8) is 0 Å². The molecule has 128 valence electrons. The van der Waals surface area contributed by atoms with Crippen LogP contribution in [0.15, 0.2) is 29.6 Å². The lowest BCUT2D eigenvalue weighted by molar-refractivity contribution is 0.0597. The Morgan fingerprint density at radius 1 is 1.12 bits per heavy atom. The van der Waals surface area contributed by atoms with Crippen LogP contribution in [-0.2, 0) is 17.8 Å². The number of amides is 2. The number of nitrogens with one attached hydrogen (secondary N) is 2. The third-order valence-corrected chi connectivity index (χ3v) is 4.52. The van der Waals surface area contributed by atoms with Gasteiger partial charge in [-0.3, -0.25) is 0 Å². The van der Waals surface area contributed by atoms with Gasteiger partial charge in [-0.05, 0) is 41.6 Å². The number of aryl methyl sites for hydroxylation is 1. The number of ether oxygens (including phenoxy) is 2. The summed E-state index contributed by atoms with van der Waals surface area (Å²) in [6.07, 6.45) is 0. The summed E-state index contributed by atoms with van der Waals surface area (Å²) in [6.45, 7) is 2.80. The number of benzene rings is 1. The first-order valence-corrected chi connectivity index (χ1v) is 8.23. The Morgan fingerprint density at radius 3 is 2.50 bits per heavy atom. The SMILES string of the molecule is COC(=O)c1cc(CNC(=O)NCc2sccc2C)ccc1OC. The monoisotopic (exact) mass is 348 g/mol. The van der Waals surface area contributed by atoms with Crippen LogP contribution in [-0.4, -0.2) is 26.2 Å². The highest BCUT2D eigenvalue weighted by Gasteiger charge is 2.13. The molecule has 0 aliphatic rings. The molecule has 0 saturated heterocycles. The van der Waals surface area contributed by atoms with Crippen LogP contribution in [0.1, 0.15) is 26.4 Å². The summed E-state index contributed by atoms with van der Waals surface area (Å²) in [5.41, 5.74) is 2.27. The van der Waals surface area contributed by atoms with E-state index < -0.39 is 5.97 Å². The second-order valence-electron chi connectivity index (χ2n) is 5.09. The van der Waals surface area contributed by atoms with E-state index in [0.717, 1.165) is 16.0 Å². The van der Waals surface area contributed by atoms with Crippen molar-refractivity contribution in [3.05, 3.63) is 51.2 Å². The van der Waals surface area contributed by atoms with E-state index in [1.165, 1.54) is 14.2 Å². The van der Waals surface area contributed by atoms with Gasteiger partial charge >= 0.3 is 12.0 Å². The topological polar surface area (TPSA) is 76.7 Å². The molecule has 0 bridgehead atoms. The summed E-state index contributed by atoms with van der Waals surface area (Å²) in [5, 5.41) is 7.57. The van der Waals surface area contributed by atoms with E-state index in [9.17, 15) is 9.59 Å². The Kier molecular flexibility index (Phi) is 6.20. The molecule has 6 nitrogen and oxygen atoms in total. The highest BCUT2D eigenvalue weighted by molar-refractivity contribution is 7.10. The molecular formula is C17H20N2O4S. The molecule has 1 aromatic heterocycles. The van der Waals surface area contributed by atoms with Crippen molar-refractivity contribution in [1.29, 1.82) is 0 Å². The molecule has 1 heterocycles. The van der Waals surface area contributed by atoms with Crippen molar-refractivity contribution < 1.29 is 19.1 Å². The van der Waals surface area contributed by atoms with E-state index in [-0.39, 0.29) is 6.03 Å². The first kappa shape index (κ1) is 17.8. The van der Waals surface area contributed by atoms with Gasteiger partial charge in [0.05, 0.1) is 20.8 Å². The van der Waals surface area contributed by atoms with Crippen molar-refractivity contribution in [2.75, 3.05) is 14.2 Å². The number of thiophene rings is 1. The number of carbonyl (C=O) groups excluding carboxylic acids is 2. The van der Waals surface area contributed by atoms with Crippen molar-refractivity contribution in [3.8, 4) is 5.75 Å². The van der Waals surface area contributed by atoms with Gasteiger partial charge in [0.25, 0.3) is 0 Å². The minimum Gasteiger partial charge on any atom is -0.496 e. The van der Waals surface area contributed by atoms with Crippen LogP contribution >= 0.6 is 11.3 Å². The molecule has 2 aromatic rings. The van der Waals surface area contributed by atoms with Gasteiger partial charge in [0.15, 0.2) is 0 Å². The third-order valence-electron chi connectivity index (χ3n) is 3.50. The summed E-state index contributed by atoms with van der Waals surface area (Å²) in [5.74, 6) is -0.0467. The average Bonchev–Trinajstić information content (AvgIpc) is 3.02. The van der Waals surface area contributed by atoms with Gasteiger partial charge in [0.2, 0.25) is 0 Å². The second kappa shape index (κ2) is 8.35. The zero-order chi connectivity index (χ0) is 17.5. The van der Waals surface area contributed by atoms with Crippen LogP contribution in [0.25, 0.3) is 0 Å². The van der Waals surface area contributed by atoms with Crippen molar-refractivity contribution in [1.82, 2.24) is 10.6 Å². The lowest BCUT2D eigenvalue weighted by atomic mass is 10.1. The Balaban J connectivity index is 1.92. The predicted octanol–water partition coefficient (Wildman–Crippen LogP) is 2.85. The minimum atomic E-state index is -0.480. The zero-order valence-corrected chi connectivity index (χ0v) is 14.7. The van der Waals surface area contributed by atoms with Crippen LogP contribution in [0.4, 0.5) is 4.79 Å². The van der Waals surface area contributed by atoms with Gasteiger partial charge in [0, 0.05) is 11.4 Å². The van der Waals surface area contributed by atoms with Gasteiger partial charge in [0.1, 0.15) is 11.3 Å². The van der Waals surface area contributed by atoms with E-state index in [1.54, 1.807) is 29.5 Å². The maximum atomic E-state index is 11.9. The zero-order valence-electron chi connectivity index (χ0n) is 13.8. The number of carbonyl (C=O) groups is 2. The van der Waals surface area contributed by atoms with Crippen molar-refractivity contribution >= 4 is 23.3 Å². The van der Waals surface area contributed by atoms with Crippen LogP contribution in [0.5, 0.6) is 5.75 Å². The Bertz CT molecular complexity index is 727. The molecule has 0 fully saturated rings. The second-order valence-corrected chi connectivity index (χ2v) is 6.09. The van der Waals surface area contributed by atoms with Gasteiger partial charge < -0.3 is 20.1 Å². The molecule has 2 amide bonds. The number of hydrogen-bond acceptors (Lipinski definition) is 5. The van der Waals surface area contributed by atoms with E-state index in [2.05, 4.69) is 10.6 Å². The van der Waals surface area contributed by atoms with Crippen LogP contribution in [0.2, 0.25) is 0 Å². The molecule has 24 heavy (non-hydrogen) atoms. The normalized spacial score (nSPS) is 10.1. The number of rotatable bonds is 6. The number of esters is 1. The molecule has 0 spiro atoms. The van der Waals surface area contributed by atoms with Crippen LogP contribution in [0, 0.1) is 6.92 Å². The van der Waals surface area contributed by atoms with Crippen LogP contribution in [0.3, 0.4) is 0 Å². The average molecular weight is 348 g/mol. The Hall–Kier alpha value is -2.54. The molecule has 0 radical (unpaired) electrons. The van der Waals surface area contributed by atoms with E-state index in [4.69, 9.17) is 9.47 Å². The molecule has 2 N–H and O–H groups in total. The number of methoxy groups -OCH3 is 2. The number of urea groups is 1. The Labute approximate surface area is 144 Å². The molecule has 0 aliphatic carbocycles. The first-order chi connectivity index (χ1) is 11.5. The first-order valence-electron chi connectivity index (χ1n) is 7.35. The molecule has 0 unspecified atom stereocenters. The highest BCUT2D eigenvalue weighted by Crippen LogP contribution is 2.20. The quantitative estimate of drug-likeness (QED) is 0.787. The lowest BCUT2D eigenvalue weighted by Crippen LogP contribution is -2.34. The van der Waals surface area contributed by atoms with Gasteiger partial charge in [-0.2, -0.15) is 0 Å². The van der Waals surface area contributed by atoms with Gasteiger partial charge in [-0.1, -0.05) is 6.07 Å². The van der Waals surface area contributed by atoms with E-state index >= 15 is 0 Å². The van der Waals surface area contributed by atoms with E-state index in [1.807, 2.05) is 18.4 Å². The molecule has 0 atom stereocenters. The fourth-order valence-corrected chi connectivity index (χ4v) is 2.97. The minimum absolute atomic E-state index is 0.266. The molecule has 2 rings (SSSR count). The maximum Gasteiger partial charge on any atom is 0.341 e. The highest BCUT2D eigenvalue weighted by atomic mass is 32.1. The van der Waals surface area contributed by atoms with Gasteiger partial charge in [-0.15, -0.1) is 11.3 Å². The summed E-state index contributed by atoms with van der Waals surface area (Å²) in [6, 6.07) is 6.86. The van der Waals surface area contributed by atoms with Crippen molar-refractivity contribution in [2.24, 2.45) is 0 Å². The molecule has 0 aliphatic heterocycles. The standard InChI is InChI=1S/C17H20N2O4S/c1-11-6-7-24-15(11)10-19-17(21)18-9-12-4-5-14(22-2)13(8-12)16(20)23-3/h4-8H,9-10H2,1-3H3,(H2,18,19,21). The fraction of sp³-hybridized carbons (Fsp3) is 0.294. The summed E-state index contributed by atoms with van der Waals surface area (Å²) in [7, 11) is 2.80. The molecule has 1 aromatic carbocycles. The largest absolute Gasteiger partial charge is 0.496 e. The number of hydrogen-bond donors (Lipinski definition) is 2. The Morgan fingerprint density at radius 2 is 1.88 bits per heavy atom. The summed E-state index contributed by atoms with van der Waals surface area (Å²) in [4.78, 5) is 24.8. The molecule has 7 heteroatoms. The lowest BCUT2D eigenvalue weighted by Gasteiger charge is -2.11. The molecular weight excluding hydrogens is 328 g/mol. The summed E-state index contributed by atoms with van der Waals surface area (Å²) < 4.78 is 9.87. The maximum absolute atomic E-state index is 11.9. The van der Waals surface area contributed by atoms with Crippen molar-refractivity contribution in [2.45, 2.75) is 20.0 Å². The predicted molar refractivity (Wildman–Crippen MR) is 92.5 cm³/mol. The summed E-state index contributed by atoms with van der Waals surface area (Å²) >= 11 is 1.61. The van der Waals surface area contributed by atoms with E-state index in [0.29, 0.717) is 24.4 Å². The van der Waals surface area contributed by atoms with Gasteiger partial charge in [-0.25, -0.2) is 9.59 Å². The fourth-order valence-electron chi connectivity index (χ4n) is 2.13. The molecule has 0 saturated carbocycles. The van der Waals surface area contributed by atoms with Crippen LogP contribution < -0.4 is 15.4 Å². The third kappa shape index (κ3) is 4.48.